The third kappa shape index (κ3) is 5.92. The zero-order chi connectivity index (χ0) is 18.4. The van der Waals surface area contributed by atoms with Crippen LogP contribution >= 0.6 is 34.8 Å². The molecule has 2 rings (SSSR count). The zero-order valence-corrected chi connectivity index (χ0v) is 15.8. The molecule has 7 heteroatoms. The van der Waals surface area contributed by atoms with Gasteiger partial charge in [0.25, 0.3) is 5.91 Å². The maximum absolute atomic E-state index is 12.0. The summed E-state index contributed by atoms with van der Waals surface area (Å²) in [6.07, 6.45) is 0.162. The van der Waals surface area contributed by atoms with E-state index >= 15 is 0 Å². The van der Waals surface area contributed by atoms with Crippen LogP contribution in [0.25, 0.3) is 0 Å². The summed E-state index contributed by atoms with van der Waals surface area (Å²) in [5.41, 5.74) is 1.27. The number of rotatable bonds is 6. The Labute approximate surface area is 161 Å². The summed E-state index contributed by atoms with van der Waals surface area (Å²) < 4.78 is 0. The highest BCUT2D eigenvalue weighted by Gasteiger charge is 2.13. The summed E-state index contributed by atoms with van der Waals surface area (Å²) in [6.45, 7) is 2.06. The smallest absolute Gasteiger partial charge is 0.251 e. The van der Waals surface area contributed by atoms with Crippen LogP contribution in [-0.2, 0) is 4.79 Å². The second kappa shape index (κ2) is 9.09. The highest BCUT2D eigenvalue weighted by Crippen LogP contribution is 2.26. The quantitative estimate of drug-likeness (QED) is 0.743. The van der Waals surface area contributed by atoms with Gasteiger partial charge in [-0.3, -0.25) is 9.59 Å². The lowest BCUT2D eigenvalue weighted by atomic mass is 10.1. The number of halogens is 3. The summed E-state index contributed by atoms with van der Waals surface area (Å²) in [5, 5.41) is 7.13. The molecule has 2 aromatic carbocycles. The molecule has 0 saturated carbocycles. The molecule has 2 amide bonds. The molecule has 4 nitrogen and oxygen atoms in total. The van der Waals surface area contributed by atoms with Gasteiger partial charge in [-0.15, -0.1) is 0 Å². The highest BCUT2D eigenvalue weighted by atomic mass is 35.5. The van der Waals surface area contributed by atoms with Crippen molar-refractivity contribution in [3.8, 4) is 0 Å². The van der Waals surface area contributed by atoms with Gasteiger partial charge in [0, 0.05) is 33.6 Å². The summed E-state index contributed by atoms with van der Waals surface area (Å²) in [5.74, 6) is -0.437. The molecule has 0 saturated heterocycles. The molecule has 0 heterocycles. The van der Waals surface area contributed by atoms with Crippen molar-refractivity contribution in [2.45, 2.75) is 19.4 Å². The second-order valence-corrected chi connectivity index (χ2v) is 6.75. The van der Waals surface area contributed by atoms with Crippen LogP contribution < -0.4 is 10.6 Å². The van der Waals surface area contributed by atoms with E-state index in [1.807, 2.05) is 6.92 Å². The predicted molar refractivity (Wildman–Crippen MR) is 101 cm³/mol. The summed E-state index contributed by atoms with van der Waals surface area (Å²) in [4.78, 5) is 24.0. The number of hydrogen-bond acceptors (Lipinski definition) is 2. The van der Waals surface area contributed by atoms with Gasteiger partial charge in [-0.2, -0.15) is 0 Å². The van der Waals surface area contributed by atoms with Crippen LogP contribution in [0.1, 0.15) is 35.3 Å². The van der Waals surface area contributed by atoms with Gasteiger partial charge >= 0.3 is 0 Å². The van der Waals surface area contributed by atoms with Crippen LogP contribution in [-0.4, -0.2) is 18.4 Å². The van der Waals surface area contributed by atoms with E-state index in [-0.39, 0.29) is 30.8 Å². The van der Waals surface area contributed by atoms with Crippen LogP contribution in [0.5, 0.6) is 0 Å². The van der Waals surface area contributed by atoms with E-state index in [2.05, 4.69) is 10.6 Å². The number of carbonyl (C=O) groups excluding carboxylic acids is 2. The molecular formula is C18H17Cl3N2O2. The Morgan fingerprint density at radius 2 is 1.64 bits per heavy atom. The fourth-order valence-corrected chi connectivity index (χ4v) is 2.94. The Kier molecular flexibility index (Phi) is 7.12. The largest absolute Gasteiger partial charge is 0.352 e. The first-order valence-electron chi connectivity index (χ1n) is 7.65. The van der Waals surface area contributed by atoms with E-state index in [1.165, 1.54) is 0 Å². The van der Waals surface area contributed by atoms with Crippen LogP contribution in [0.3, 0.4) is 0 Å². The topological polar surface area (TPSA) is 58.2 Å². The van der Waals surface area contributed by atoms with Gasteiger partial charge in [0.1, 0.15) is 0 Å². The second-order valence-electron chi connectivity index (χ2n) is 5.47. The van der Waals surface area contributed by atoms with Gasteiger partial charge in [0.15, 0.2) is 0 Å². The first-order chi connectivity index (χ1) is 11.9. The summed E-state index contributed by atoms with van der Waals surface area (Å²) in [6, 6.07) is 11.4. The van der Waals surface area contributed by atoms with Crippen LogP contribution in [0.4, 0.5) is 0 Å². The van der Waals surface area contributed by atoms with Crippen molar-refractivity contribution in [3.63, 3.8) is 0 Å². The van der Waals surface area contributed by atoms with Crippen molar-refractivity contribution in [2.24, 2.45) is 0 Å². The zero-order valence-electron chi connectivity index (χ0n) is 13.5. The van der Waals surface area contributed by atoms with E-state index in [0.29, 0.717) is 20.6 Å². The van der Waals surface area contributed by atoms with Crippen molar-refractivity contribution in [3.05, 3.63) is 68.7 Å². The molecule has 0 fully saturated rings. The fourth-order valence-electron chi connectivity index (χ4n) is 2.24. The molecule has 0 bridgehead atoms. The average molecular weight is 400 g/mol. The Balaban J connectivity index is 1.80. The minimum absolute atomic E-state index is 0.162. The van der Waals surface area contributed by atoms with Gasteiger partial charge < -0.3 is 10.6 Å². The normalized spacial score (nSPS) is 11.7. The van der Waals surface area contributed by atoms with E-state index in [4.69, 9.17) is 34.8 Å². The van der Waals surface area contributed by atoms with Gasteiger partial charge in [-0.25, -0.2) is 0 Å². The number of benzene rings is 2. The van der Waals surface area contributed by atoms with E-state index < -0.39 is 0 Å². The first kappa shape index (κ1) is 19.6. The predicted octanol–water partition coefficient (Wildman–Crippen LogP) is 4.64. The molecule has 1 atom stereocenters. The summed E-state index contributed by atoms with van der Waals surface area (Å²) in [7, 11) is 0. The molecule has 0 aliphatic heterocycles. The number of hydrogen-bond donors (Lipinski definition) is 2. The van der Waals surface area contributed by atoms with Crippen molar-refractivity contribution in [1.29, 1.82) is 0 Å². The third-order valence-corrected chi connectivity index (χ3v) is 4.36. The molecule has 0 aromatic heterocycles. The molecule has 25 heavy (non-hydrogen) atoms. The number of carbonyl (C=O) groups is 2. The molecule has 0 unspecified atom stereocenters. The van der Waals surface area contributed by atoms with Crippen LogP contribution in [0.2, 0.25) is 15.1 Å². The fraction of sp³-hybridized carbons (Fsp3) is 0.222. The standard InChI is InChI=1S/C18H17Cl3N2O2/c1-11(15-7-6-14(20)10-16(15)21)23-17(24)8-9-22-18(25)12-2-4-13(19)5-3-12/h2-7,10-11H,8-9H2,1H3,(H,22,25)(H,23,24)/t11-/m0/s1. The third-order valence-electron chi connectivity index (χ3n) is 3.55. The van der Waals surface area contributed by atoms with E-state index in [0.717, 1.165) is 5.56 Å². The van der Waals surface area contributed by atoms with E-state index in [9.17, 15) is 9.59 Å². The van der Waals surface area contributed by atoms with Crippen molar-refractivity contribution >= 4 is 46.6 Å². The Hall–Kier alpha value is -1.75. The number of amides is 2. The lowest BCUT2D eigenvalue weighted by molar-refractivity contribution is -0.121. The first-order valence-corrected chi connectivity index (χ1v) is 8.78. The van der Waals surface area contributed by atoms with Crippen molar-refractivity contribution in [1.82, 2.24) is 10.6 Å². The molecule has 0 aliphatic rings. The SMILES string of the molecule is C[C@H](NC(=O)CCNC(=O)c1ccc(Cl)cc1)c1ccc(Cl)cc1Cl. The number of nitrogens with one attached hydrogen (secondary N) is 2. The summed E-state index contributed by atoms with van der Waals surface area (Å²) >= 11 is 17.8. The lowest BCUT2D eigenvalue weighted by Crippen LogP contribution is -2.32. The average Bonchev–Trinajstić information content (AvgIpc) is 2.55. The molecule has 0 aliphatic carbocycles. The van der Waals surface area contributed by atoms with Crippen LogP contribution in [0, 0.1) is 0 Å². The highest BCUT2D eigenvalue weighted by molar-refractivity contribution is 6.35. The lowest BCUT2D eigenvalue weighted by Gasteiger charge is -2.16. The monoisotopic (exact) mass is 398 g/mol. The van der Waals surface area contributed by atoms with Crippen molar-refractivity contribution in [2.75, 3.05) is 6.54 Å². The molecule has 132 valence electrons. The van der Waals surface area contributed by atoms with Crippen LogP contribution in [0.15, 0.2) is 42.5 Å². The van der Waals surface area contributed by atoms with Gasteiger partial charge in [-0.1, -0.05) is 40.9 Å². The Morgan fingerprint density at radius 1 is 1.00 bits per heavy atom. The molecule has 2 N–H and O–H groups in total. The molecular weight excluding hydrogens is 383 g/mol. The molecule has 2 aromatic rings. The Bertz CT molecular complexity index is 763. The minimum atomic E-state index is -0.260. The van der Waals surface area contributed by atoms with Gasteiger partial charge in [-0.05, 0) is 48.9 Å². The Morgan fingerprint density at radius 3 is 2.28 bits per heavy atom. The van der Waals surface area contributed by atoms with Gasteiger partial charge in [0.2, 0.25) is 5.91 Å². The van der Waals surface area contributed by atoms with Gasteiger partial charge in [0.05, 0.1) is 6.04 Å². The van der Waals surface area contributed by atoms with E-state index in [1.54, 1.807) is 42.5 Å². The minimum Gasteiger partial charge on any atom is -0.352 e. The van der Waals surface area contributed by atoms with Crippen molar-refractivity contribution < 1.29 is 9.59 Å². The molecule has 0 spiro atoms. The molecule has 0 radical (unpaired) electrons. The maximum Gasteiger partial charge on any atom is 0.251 e. The maximum atomic E-state index is 12.0.